The first-order valence-electron chi connectivity index (χ1n) is 6.94. The second kappa shape index (κ2) is 6.31. The summed E-state index contributed by atoms with van der Waals surface area (Å²) in [6.07, 6.45) is 1.26. The number of aromatic nitrogens is 1. The number of nitrogens with zero attached hydrogens (tertiary/aromatic N) is 2. The van der Waals surface area contributed by atoms with Gasteiger partial charge in [0.2, 0.25) is 0 Å². The number of rotatable bonds is 1. The molecule has 21 heavy (non-hydrogen) atoms. The van der Waals surface area contributed by atoms with E-state index < -0.39 is 19.8 Å². The van der Waals surface area contributed by atoms with Crippen LogP contribution in [0.15, 0.2) is 18.3 Å². The van der Waals surface area contributed by atoms with Crippen molar-refractivity contribution >= 4 is 20.0 Å². The summed E-state index contributed by atoms with van der Waals surface area (Å²) in [4.78, 5) is 17.6. The van der Waals surface area contributed by atoms with E-state index in [1.807, 2.05) is 26.8 Å². The fourth-order valence-corrected chi connectivity index (χ4v) is 1.86. The van der Waals surface area contributed by atoms with Gasteiger partial charge in [-0.3, -0.25) is 4.90 Å². The van der Waals surface area contributed by atoms with E-state index >= 15 is 0 Å². The van der Waals surface area contributed by atoms with E-state index in [1.54, 1.807) is 19.3 Å². The molecule has 0 aromatic carbocycles. The molecule has 0 fully saturated rings. The molecule has 0 N–H and O–H groups in total. The molecule has 0 saturated heterocycles. The van der Waals surface area contributed by atoms with Crippen LogP contribution in [0.25, 0.3) is 0 Å². The summed E-state index contributed by atoms with van der Waals surface area (Å²) in [7, 11) is 0.249. The Morgan fingerprint density at radius 2 is 1.90 bits per heavy atom. The number of hydrogen-bond donors (Lipinski definition) is 0. The van der Waals surface area contributed by atoms with Crippen LogP contribution in [0, 0.1) is 11.5 Å². The van der Waals surface area contributed by atoms with Gasteiger partial charge in [0.1, 0.15) is 19.5 Å². The molecule has 0 radical (unpaired) electrons. The molecule has 0 unspecified atom stereocenters. The van der Waals surface area contributed by atoms with Crippen LogP contribution < -0.4 is 4.90 Å². The number of carbonyl (C=O) groups is 1. The zero-order valence-corrected chi connectivity index (χ0v) is 14.9. The smallest absolute Gasteiger partial charge is 0.415 e. The van der Waals surface area contributed by atoms with Gasteiger partial charge in [0.25, 0.3) is 0 Å². The lowest BCUT2D eigenvalue weighted by molar-refractivity contribution is 0.0588. The van der Waals surface area contributed by atoms with Crippen molar-refractivity contribution in [3.63, 3.8) is 0 Å². The summed E-state index contributed by atoms with van der Waals surface area (Å²) >= 11 is 0. The van der Waals surface area contributed by atoms with E-state index in [2.05, 4.69) is 36.1 Å². The van der Waals surface area contributed by atoms with Crippen molar-refractivity contribution in [2.75, 3.05) is 11.9 Å². The third-order valence-electron chi connectivity index (χ3n) is 2.34. The van der Waals surface area contributed by atoms with Crippen molar-refractivity contribution in [1.82, 2.24) is 4.98 Å². The van der Waals surface area contributed by atoms with Gasteiger partial charge in [-0.25, -0.2) is 9.78 Å². The lowest BCUT2D eigenvalue weighted by atomic mass is 10.2. The van der Waals surface area contributed by atoms with Gasteiger partial charge in [0.05, 0.1) is 0 Å². The summed E-state index contributed by atoms with van der Waals surface area (Å²) in [6.45, 7) is 12.1. The Morgan fingerprint density at radius 3 is 2.33 bits per heavy atom. The molecule has 0 saturated carbocycles. The average Bonchev–Trinajstić information content (AvgIpc) is 2.33. The van der Waals surface area contributed by atoms with Crippen LogP contribution in [0.5, 0.6) is 0 Å². The Kier molecular flexibility index (Phi) is 5.19. The van der Waals surface area contributed by atoms with Crippen LogP contribution in [0.2, 0.25) is 19.6 Å². The normalized spacial score (nSPS) is 11.4. The zero-order valence-electron chi connectivity index (χ0n) is 13.9. The van der Waals surface area contributed by atoms with Gasteiger partial charge in [0.15, 0.2) is 0 Å². The highest BCUT2D eigenvalue weighted by molar-refractivity contribution is 6.83. The highest BCUT2D eigenvalue weighted by atomic mass is 28.3. The quantitative estimate of drug-likeness (QED) is 0.587. The number of amides is 1. The van der Waals surface area contributed by atoms with E-state index in [1.165, 1.54) is 4.90 Å². The first-order valence-corrected chi connectivity index (χ1v) is 10.4. The summed E-state index contributed by atoms with van der Waals surface area (Å²) in [6, 6.07) is 3.65. The molecule has 114 valence electrons. The average molecular weight is 304 g/mol. The van der Waals surface area contributed by atoms with Gasteiger partial charge >= 0.3 is 6.09 Å². The van der Waals surface area contributed by atoms with Crippen molar-refractivity contribution in [3.8, 4) is 11.5 Å². The third-order valence-corrected chi connectivity index (χ3v) is 3.22. The maximum absolute atomic E-state index is 11.9. The largest absolute Gasteiger partial charge is 0.443 e. The number of hydrogen-bond acceptors (Lipinski definition) is 3. The number of ether oxygens (including phenoxy) is 1. The molecule has 0 atom stereocenters. The fraction of sp³-hybridized carbons (Fsp3) is 0.500. The minimum absolute atomic E-state index is 0.420. The lowest BCUT2D eigenvalue weighted by Crippen LogP contribution is -2.34. The van der Waals surface area contributed by atoms with Crippen LogP contribution in [0.3, 0.4) is 0 Å². The molecule has 0 bridgehead atoms. The van der Waals surface area contributed by atoms with Crippen molar-refractivity contribution < 1.29 is 9.53 Å². The first kappa shape index (κ1) is 17.2. The van der Waals surface area contributed by atoms with Crippen LogP contribution in [-0.2, 0) is 4.74 Å². The van der Waals surface area contributed by atoms with E-state index in [0.29, 0.717) is 5.82 Å². The van der Waals surface area contributed by atoms with Gasteiger partial charge in [-0.1, -0.05) is 25.6 Å². The van der Waals surface area contributed by atoms with Crippen molar-refractivity contribution in [1.29, 1.82) is 0 Å². The molecule has 4 nitrogen and oxygen atoms in total. The van der Waals surface area contributed by atoms with E-state index in [-0.39, 0.29) is 0 Å². The van der Waals surface area contributed by atoms with E-state index in [9.17, 15) is 4.79 Å². The van der Waals surface area contributed by atoms with Crippen molar-refractivity contribution in [3.05, 3.63) is 23.9 Å². The van der Waals surface area contributed by atoms with E-state index in [0.717, 1.165) is 5.56 Å². The molecule has 1 rings (SSSR count). The molecule has 1 amide bonds. The number of pyridine rings is 1. The summed E-state index contributed by atoms with van der Waals surface area (Å²) < 4.78 is 5.30. The Bertz CT molecular complexity index is 557. The molecular weight excluding hydrogens is 280 g/mol. The van der Waals surface area contributed by atoms with Gasteiger partial charge in [-0.15, -0.1) is 5.54 Å². The highest BCUT2D eigenvalue weighted by Gasteiger charge is 2.21. The van der Waals surface area contributed by atoms with Crippen LogP contribution >= 0.6 is 0 Å². The molecule has 0 aliphatic carbocycles. The molecule has 1 aromatic heterocycles. The summed E-state index contributed by atoms with van der Waals surface area (Å²) in [5.74, 6) is 3.68. The Balaban J connectivity index is 2.82. The number of carbonyl (C=O) groups excluding carboxylic acids is 1. The first-order chi connectivity index (χ1) is 9.48. The molecule has 0 aliphatic rings. The predicted octanol–water partition coefficient (Wildman–Crippen LogP) is 3.68. The van der Waals surface area contributed by atoms with E-state index in [4.69, 9.17) is 4.74 Å². The monoisotopic (exact) mass is 304 g/mol. The molecule has 1 heterocycles. The van der Waals surface area contributed by atoms with Crippen LogP contribution in [-0.4, -0.2) is 31.8 Å². The van der Waals surface area contributed by atoms with Crippen molar-refractivity contribution in [2.45, 2.75) is 46.0 Å². The highest BCUT2D eigenvalue weighted by Crippen LogP contribution is 2.14. The van der Waals surface area contributed by atoms with Crippen LogP contribution in [0.4, 0.5) is 10.6 Å². The van der Waals surface area contributed by atoms with Crippen LogP contribution in [0.1, 0.15) is 26.3 Å². The standard InChI is InChI=1S/C16H24N2O2Si/c1-16(2,3)20-15(19)18(4)14-9-8-13(12-17-14)10-11-21(5,6)7/h8-9,12H,1-7H3. The van der Waals surface area contributed by atoms with Gasteiger partial charge in [0, 0.05) is 18.8 Å². The molecule has 0 aliphatic heterocycles. The number of anilines is 1. The lowest BCUT2D eigenvalue weighted by Gasteiger charge is -2.24. The maximum atomic E-state index is 11.9. The fourth-order valence-electron chi connectivity index (χ4n) is 1.34. The third kappa shape index (κ3) is 6.45. The Morgan fingerprint density at radius 1 is 1.29 bits per heavy atom. The SMILES string of the molecule is CN(C(=O)OC(C)(C)C)c1ccc(C#C[Si](C)(C)C)cn1. The van der Waals surface area contributed by atoms with Gasteiger partial charge < -0.3 is 4.74 Å². The minimum atomic E-state index is -1.39. The van der Waals surface area contributed by atoms with Gasteiger partial charge in [-0.2, -0.15) is 0 Å². The molecule has 0 spiro atoms. The second-order valence-corrected chi connectivity index (χ2v) is 11.7. The summed E-state index contributed by atoms with van der Waals surface area (Å²) in [5, 5.41) is 0. The minimum Gasteiger partial charge on any atom is -0.443 e. The Labute approximate surface area is 128 Å². The predicted molar refractivity (Wildman–Crippen MR) is 89.1 cm³/mol. The summed E-state index contributed by atoms with van der Waals surface area (Å²) in [5.41, 5.74) is 3.62. The second-order valence-electron chi connectivity index (χ2n) is 6.94. The molecule has 5 heteroatoms. The molecule has 1 aromatic rings. The van der Waals surface area contributed by atoms with Crippen molar-refractivity contribution in [2.24, 2.45) is 0 Å². The maximum Gasteiger partial charge on any atom is 0.415 e. The Hall–Kier alpha value is -1.80. The molecular formula is C16H24N2O2Si. The topological polar surface area (TPSA) is 42.4 Å². The van der Waals surface area contributed by atoms with Gasteiger partial charge in [-0.05, 0) is 32.9 Å². The zero-order chi connectivity index (χ0) is 16.3.